The monoisotopic (exact) mass is 302 g/mol. The van der Waals surface area contributed by atoms with E-state index in [2.05, 4.69) is 13.8 Å². The normalized spacial score (nSPS) is 23.8. The molecule has 2 amide bonds. The Labute approximate surface area is 128 Å². The van der Waals surface area contributed by atoms with Gasteiger partial charge >= 0.3 is 5.97 Å². The molecule has 0 saturated carbocycles. The number of hydrogen-bond donors (Lipinski definition) is 0. The summed E-state index contributed by atoms with van der Waals surface area (Å²) >= 11 is 0. The number of likely N-dealkylation sites (N-methyl/N-ethyl adjacent to an activating group) is 1. The molecule has 116 valence electrons. The molecular weight excluding hydrogens is 284 g/mol. The van der Waals surface area contributed by atoms with Gasteiger partial charge in [-0.15, -0.1) is 0 Å². The van der Waals surface area contributed by atoms with Gasteiger partial charge in [0.25, 0.3) is 11.8 Å². The van der Waals surface area contributed by atoms with Crippen LogP contribution < -0.4 is 0 Å². The van der Waals surface area contributed by atoms with Crippen molar-refractivity contribution in [1.82, 2.24) is 9.96 Å². The molecule has 6 heteroatoms. The van der Waals surface area contributed by atoms with Crippen LogP contribution in [0.25, 0.3) is 0 Å². The topological polar surface area (TPSA) is 66.9 Å². The number of nitrogens with zero attached hydrogens (tertiary/aromatic N) is 2. The Hall–Kier alpha value is -2.21. The SMILES string of the molecule is CN1CC(C)(C)CC1C(=O)ON1C(=O)c2ccccc2C1=O. The van der Waals surface area contributed by atoms with E-state index >= 15 is 0 Å². The third-order valence-electron chi connectivity index (χ3n) is 4.17. The molecule has 0 spiro atoms. The maximum absolute atomic E-state index is 12.3. The van der Waals surface area contributed by atoms with Crippen LogP contribution in [0.2, 0.25) is 0 Å². The Bertz CT molecular complexity index is 633. The first kappa shape index (κ1) is 14.7. The van der Waals surface area contributed by atoms with Gasteiger partial charge in [0, 0.05) is 6.54 Å². The number of carbonyl (C=O) groups is 3. The largest absolute Gasteiger partial charge is 0.350 e. The van der Waals surface area contributed by atoms with Crippen molar-refractivity contribution in [3.05, 3.63) is 35.4 Å². The van der Waals surface area contributed by atoms with E-state index in [0.29, 0.717) is 11.5 Å². The van der Waals surface area contributed by atoms with E-state index in [1.807, 2.05) is 11.9 Å². The Balaban J connectivity index is 1.76. The maximum atomic E-state index is 12.3. The second kappa shape index (κ2) is 4.91. The highest BCUT2D eigenvalue weighted by molar-refractivity contribution is 6.20. The van der Waals surface area contributed by atoms with Gasteiger partial charge in [-0.1, -0.05) is 31.0 Å². The van der Waals surface area contributed by atoms with Crippen LogP contribution in [-0.2, 0) is 9.63 Å². The fraction of sp³-hybridized carbons (Fsp3) is 0.438. The zero-order chi connectivity index (χ0) is 16.1. The number of fused-ring (bicyclic) bond motifs is 1. The first-order valence-corrected chi connectivity index (χ1v) is 7.20. The number of hydroxylamine groups is 2. The lowest BCUT2D eigenvalue weighted by molar-refractivity contribution is -0.173. The average Bonchev–Trinajstić information content (AvgIpc) is 2.87. The molecule has 1 aromatic carbocycles. The number of rotatable bonds is 2. The Morgan fingerprint density at radius 1 is 1.18 bits per heavy atom. The summed E-state index contributed by atoms with van der Waals surface area (Å²) in [7, 11) is 1.84. The Kier molecular flexibility index (Phi) is 3.29. The van der Waals surface area contributed by atoms with Gasteiger partial charge in [-0.3, -0.25) is 14.5 Å². The van der Waals surface area contributed by atoms with Crippen molar-refractivity contribution < 1.29 is 19.2 Å². The van der Waals surface area contributed by atoms with Crippen LogP contribution >= 0.6 is 0 Å². The van der Waals surface area contributed by atoms with Crippen molar-refractivity contribution >= 4 is 17.8 Å². The zero-order valence-corrected chi connectivity index (χ0v) is 12.8. The number of benzene rings is 1. The molecule has 2 aliphatic heterocycles. The van der Waals surface area contributed by atoms with Crippen molar-refractivity contribution in [2.75, 3.05) is 13.6 Å². The first-order chi connectivity index (χ1) is 10.3. The fourth-order valence-electron chi connectivity index (χ4n) is 3.19. The van der Waals surface area contributed by atoms with Gasteiger partial charge in [-0.05, 0) is 31.0 Å². The molecule has 0 bridgehead atoms. The van der Waals surface area contributed by atoms with Crippen LogP contribution in [0, 0.1) is 5.41 Å². The van der Waals surface area contributed by atoms with Gasteiger partial charge in [0.1, 0.15) is 6.04 Å². The third kappa shape index (κ3) is 2.29. The quantitative estimate of drug-likeness (QED) is 0.774. The van der Waals surface area contributed by atoms with Gasteiger partial charge in [0.2, 0.25) is 0 Å². The van der Waals surface area contributed by atoms with Crippen LogP contribution in [0.3, 0.4) is 0 Å². The van der Waals surface area contributed by atoms with Crippen molar-refractivity contribution in [3.8, 4) is 0 Å². The van der Waals surface area contributed by atoms with Gasteiger partial charge < -0.3 is 4.84 Å². The van der Waals surface area contributed by atoms with Crippen LogP contribution in [0.5, 0.6) is 0 Å². The summed E-state index contributed by atoms with van der Waals surface area (Å²) in [5.74, 6) is -1.75. The molecule has 0 aromatic heterocycles. The molecular formula is C16H18N2O4. The summed E-state index contributed by atoms with van der Waals surface area (Å²) in [6, 6.07) is 5.99. The molecule has 1 atom stereocenters. The molecule has 0 radical (unpaired) electrons. The standard InChI is InChI=1S/C16H18N2O4/c1-16(2)8-12(17(3)9-16)15(21)22-18-13(19)10-6-4-5-7-11(10)14(18)20/h4-7,12H,8-9H2,1-3H3. The lowest BCUT2D eigenvalue weighted by Gasteiger charge is -2.20. The van der Waals surface area contributed by atoms with Gasteiger partial charge in [0.15, 0.2) is 0 Å². The fourth-order valence-corrected chi connectivity index (χ4v) is 3.19. The van der Waals surface area contributed by atoms with Crippen LogP contribution in [0.1, 0.15) is 41.0 Å². The van der Waals surface area contributed by atoms with Crippen LogP contribution in [0.15, 0.2) is 24.3 Å². The molecule has 0 N–H and O–H groups in total. The second-order valence-corrected chi connectivity index (χ2v) is 6.66. The van der Waals surface area contributed by atoms with Crippen molar-refractivity contribution in [2.24, 2.45) is 5.41 Å². The minimum atomic E-state index is -0.589. The van der Waals surface area contributed by atoms with Crippen LogP contribution in [-0.4, -0.2) is 47.4 Å². The summed E-state index contributed by atoms with van der Waals surface area (Å²) in [6.45, 7) is 4.90. The molecule has 22 heavy (non-hydrogen) atoms. The molecule has 1 fully saturated rings. The predicted molar refractivity (Wildman–Crippen MR) is 77.9 cm³/mol. The highest BCUT2D eigenvalue weighted by Gasteiger charge is 2.44. The van der Waals surface area contributed by atoms with E-state index in [1.165, 1.54) is 0 Å². The van der Waals surface area contributed by atoms with Crippen molar-refractivity contribution in [2.45, 2.75) is 26.3 Å². The number of amides is 2. The molecule has 6 nitrogen and oxygen atoms in total. The minimum absolute atomic E-state index is 0.000424. The van der Waals surface area contributed by atoms with E-state index < -0.39 is 23.8 Å². The molecule has 2 heterocycles. The molecule has 1 saturated heterocycles. The number of carbonyl (C=O) groups excluding carboxylic acids is 3. The first-order valence-electron chi connectivity index (χ1n) is 7.20. The highest BCUT2D eigenvalue weighted by Crippen LogP contribution is 2.34. The Morgan fingerprint density at radius 2 is 1.73 bits per heavy atom. The van der Waals surface area contributed by atoms with E-state index in [0.717, 1.165) is 6.54 Å². The maximum Gasteiger partial charge on any atom is 0.350 e. The molecule has 0 aliphatic carbocycles. The van der Waals surface area contributed by atoms with Gasteiger partial charge in [0.05, 0.1) is 11.1 Å². The summed E-state index contributed by atoms with van der Waals surface area (Å²) in [6.07, 6.45) is 0.630. The number of likely N-dealkylation sites (tertiary alicyclic amines) is 1. The summed E-state index contributed by atoms with van der Waals surface area (Å²) < 4.78 is 0. The van der Waals surface area contributed by atoms with Crippen LogP contribution in [0.4, 0.5) is 0 Å². The summed E-state index contributed by atoms with van der Waals surface area (Å²) in [5.41, 5.74) is 0.529. The van der Waals surface area contributed by atoms with Crippen molar-refractivity contribution in [1.29, 1.82) is 0 Å². The lowest BCUT2D eigenvalue weighted by Crippen LogP contribution is -2.41. The second-order valence-electron chi connectivity index (χ2n) is 6.66. The average molecular weight is 302 g/mol. The van der Waals surface area contributed by atoms with Gasteiger partial charge in [-0.2, -0.15) is 0 Å². The van der Waals surface area contributed by atoms with Crippen molar-refractivity contribution in [3.63, 3.8) is 0 Å². The van der Waals surface area contributed by atoms with E-state index in [9.17, 15) is 14.4 Å². The molecule has 3 rings (SSSR count). The number of imide groups is 1. The number of hydrogen-bond acceptors (Lipinski definition) is 5. The lowest BCUT2D eigenvalue weighted by atomic mass is 9.91. The minimum Gasteiger partial charge on any atom is -0.328 e. The zero-order valence-electron chi connectivity index (χ0n) is 12.8. The van der Waals surface area contributed by atoms with Gasteiger partial charge in [-0.25, -0.2) is 4.79 Å². The van der Waals surface area contributed by atoms with E-state index in [1.54, 1.807) is 24.3 Å². The Morgan fingerprint density at radius 3 is 2.18 bits per heavy atom. The molecule has 1 aromatic rings. The predicted octanol–water partition coefficient (Wildman–Crippen LogP) is 1.47. The highest BCUT2D eigenvalue weighted by atomic mass is 16.7. The summed E-state index contributed by atoms with van der Waals surface area (Å²) in [5, 5.41) is 0.576. The summed E-state index contributed by atoms with van der Waals surface area (Å²) in [4.78, 5) is 43.7. The molecule has 2 aliphatic rings. The van der Waals surface area contributed by atoms with E-state index in [-0.39, 0.29) is 16.5 Å². The third-order valence-corrected chi connectivity index (χ3v) is 4.17. The molecule has 1 unspecified atom stereocenters. The van der Waals surface area contributed by atoms with E-state index in [4.69, 9.17) is 4.84 Å². The smallest absolute Gasteiger partial charge is 0.328 e.